The lowest BCUT2D eigenvalue weighted by Crippen LogP contribution is -2.30. The molecule has 0 aliphatic carbocycles. The molecule has 1 aliphatic heterocycles. The van der Waals surface area contributed by atoms with Crippen molar-refractivity contribution in [3.63, 3.8) is 0 Å². The molecule has 15 heavy (non-hydrogen) atoms. The standard InChI is InChI=1S/C9H9BrN2O3/c10-5-1-7(9(15)11-3-5)12-4-6(13)2-8(12)14/h1,3,6,13H,2,4H2,(H,11,15). The van der Waals surface area contributed by atoms with Gasteiger partial charge in [0.2, 0.25) is 5.91 Å². The molecule has 1 saturated heterocycles. The Morgan fingerprint density at radius 2 is 2.27 bits per heavy atom. The zero-order valence-corrected chi connectivity index (χ0v) is 9.32. The molecule has 2 heterocycles. The minimum Gasteiger partial charge on any atom is -0.391 e. The first-order valence-electron chi connectivity index (χ1n) is 4.44. The highest BCUT2D eigenvalue weighted by atomic mass is 79.9. The molecule has 1 aromatic heterocycles. The van der Waals surface area contributed by atoms with E-state index >= 15 is 0 Å². The maximum absolute atomic E-state index is 11.5. The summed E-state index contributed by atoms with van der Waals surface area (Å²) < 4.78 is 0.686. The topological polar surface area (TPSA) is 73.4 Å². The second-order valence-corrected chi connectivity index (χ2v) is 4.31. The van der Waals surface area contributed by atoms with Gasteiger partial charge in [0.25, 0.3) is 5.56 Å². The number of halogens is 1. The lowest BCUT2D eigenvalue weighted by molar-refractivity contribution is -0.117. The zero-order valence-electron chi connectivity index (χ0n) is 7.74. The number of nitrogens with one attached hydrogen (secondary N) is 1. The quantitative estimate of drug-likeness (QED) is 0.769. The van der Waals surface area contributed by atoms with Crippen LogP contribution in [-0.4, -0.2) is 28.6 Å². The van der Waals surface area contributed by atoms with Gasteiger partial charge in [-0.15, -0.1) is 0 Å². The SMILES string of the molecule is O=C1CC(O)CN1c1cc(Br)c[nH]c1=O. The fourth-order valence-corrected chi connectivity index (χ4v) is 1.90. The number of amides is 1. The summed E-state index contributed by atoms with van der Waals surface area (Å²) in [5.74, 6) is -0.230. The molecule has 80 valence electrons. The van der Waals surface area contributed by atoms with Crippen molar-refractivity contribution in [2.75, 3.05) is 11.4 Å². The Kier molecular flexibility index (Phi) is 2.62. The molecule has 0 spiro atoms. The summed E-state index contributed by atoms with van der Waals surface area (Å²) in [7, 11) is 0. The van der Waals surface area contributed by atoms with E-state index < -0.39 is 6.10 Å². The van der Waals surface area contributed by atoms with Gasteiger partial charge in [0.1, 0.15) is 5.69 Å². The number of pyridine rings is 1. The van der Waals surface area contributed by atoms with Crippen LogP contribution in [0.1, 0.15) is 6.42 Å². The number of rotatable bonds is 1. The molecule has 2 rings (SSSR count). The van der Waals surface area contributed by atoms with Gasteiger partial charge >= 0.3 is 0 Å². The molecule has 6 heteroatoms. The van der Waals surface area contributed by atoms with E-state index in [-0.39, 0.29) is 30.1 Å². The average Bonchev–Trinajstić information content (AvgIpc) is 2.50. The van der Waals surface area contributed by atoms with Crippen molar-refractivity contribution in [1.82, 2.24) is 4.98 Å². The minimum atomic E-state index is -0.684. The van der Waals surface area contributed by atoms with Crippen LogP contribution in [0.15, 0.2) is 21.5 Å². The summed E-state index contributed by atoms with van der Waals surface area (Å²) in [4.78, 5) is 26.7. The third-order valence-electron chi connectivity index (χ3n) is 2.24. The van der Waals surface area contributed by atoms with Crippen molar-refractivity contribution in [2.45, 2.75) is 12.5 Å². The van der Waals surface area contributed by atoms with Crippen molar-refractivity contribution in [2.24, 2.45) is 0 Å². The molecule has 1 aliphatic rings. The molecule has 0 radical (unpaired) electrons. The van der Waals surface area contributed by atoms with E-state index in [4.69, 9.17) is 0 Å². The number of aromatic nitrogens is 1. The molecule has 0 saturated carbocycles. The van der Waals surface area contributed by atoms with Crippen LogP contribution in [-0.2, 0) is 4.79 Å². The van der Waals surface area contributed by atoms with E-state index in [2.05, 4.69) is 20.9 Å². The summed E-state index contributed by atoms with van der Waals surface area (Å²) >= 11 is 3.21. The fourth-order valence-electron chi connectivity index (χ4n) is 1.57. The van der Waals surface area contributed by atoms with Gasteiger partial charge in [0, 0.05) is 10.7 Å². The number of β-amino-alcohol motifs (C(OH)–C–C–N with tert-alkyl or cyclic N) is 1. The summed E-state index contributed by atoms with van der Waals surface area (Å²) in [6.07, 6.45) is 0.894. The molecule has 5 nitrogen and oxygen atoms in total. The molecular weight excluding hydrogens is 264 g/mol. The highest BCUT2D eigenvalue weighted by Crippen LogP contribution is 2.20. The molecule has 0 bridgehead atoms. The third kappa shape index (κ3) is 1.95. The largest absolute Gasteiger partial charge is 0.391 e. The van der Waals surface area contributed by atoms with E-state index in [0.29, 0.717) is 4.47 Å². The van der Waals surface area contributed by atoms with Gasteiger partial charge in [0.15, 0.2) is 0 Å². The van der Waals surface area contributed by atoms with E-state index in [1.807, 2.05) is 0 Å². The monoisotopic (exact) mass is 272 g/mol. The Balaban J connectivity index is 2.41. The lowest BCUT2D eigenvalue weighted by Gasteiger charge is -2.14. The number of carbonyl (C=O) groups excluding carboxylic acids is 1. The summed E-state index contributed by atoms with van der Waals surface area (Å²) in [5.41, 5.74) is -0.0634. The normalized spacial score (nSPS) is 21.1. The molecule has 1 fully saturated rings. The van der Waals surface area contributed by atoms with Crippen molar-refractivity contribution >= 4 is 27.5 Å². The van der Waals surface area contributed by atoms with E-state index in [9.17, 15) is 14.7 Å². The number of H-pyrrole nitrogens is 1. The van der Waals surface area contributed by atoms with Crippen LogP contribution in [0.2, 0.25) is 0 Å². The van der Waals surface area contributed by atoms with Crippen LogP contribution in [0.3, 0.4) is 0 Å². The predicted octanol–water partition coefficient (Wildman–Crippen LogP) is 0.235. The molecule has 1 amide bonds. The van der Waals surface area contributed by atoms with E-state index in [0.717, 1.165) is 0 Å². The first kappa shape index (κ1) is 10.4. The number of aliphatic hydroxyl groups is 1. The van der Waals surface area contributed by atoms with E-state index in [1.54, 1.807) is 6.07 Å². The molecule has 1 aromatic rings. The van der Waals surface area contributed by atoms with Crippen LogP contribution in [0.25, 0.3) is 0 Å². The first-order valence-corrected chi connectivity index (χ1v) is 5.24. The second-order valence-electron chi connectivity index (χ2n) is 3.39. The van der Waals surface area contributed by atoms with Gasteiger partial charge in [-0.1, -0.05) is 0 Å². The third-order valence-corrected chi connectivity index (χ3v) is 2.70. The Morgan fingerprint density at radius 3 is 2.87 bits per heavy atom. The minimum absolute atomic E-state index is 0.0754. The Hall–Kier alpha value is -1.14. The Bertz CT molecular complexity index is 457. The van der Waals surface area contributed by atoms with Crippen LogP contribution < -0.4 is 10.5 Å². The van der Waals surface area contributed by atoms with Gasteiger partial charge in [0.05, 0.1) is 19.1 Å². The number of aliphatic hydroxyl groups excluding tert-OH is 1. The van der Waals surface area contributed by atoms with Crippen LogP contribution >= 0.6 is 15.9 Å². The number of nitrogens with zero attached hydrogens (tertiary/aromatic N) is 1. The van der Waals surface area contributed by atoms with Gasteiger partial charge in [-0.2, -0.15) is 0 Å². The number of hydrogen-bond acceptors (Lipinski definition) is 3. The molecule has 1 unspecified atom stereocenters. The van der Waals surface area contributed by atoms with Crippen LogP contribution in [0, 0.1) is 0 Å². The maximum Gasteiger partial charge on any atom is 0.271 e. The number of anilines is 1. The predicted molar refractivity (Wildman–Crippen MR) is 57.7 cm³/mol. The van der Waals surface area contributed by atoms with Crippen LogP contribution in [0.4, 0.5) is 5.69 Å². The second kappa shape index (κ2) is 3.79. The average molecular weight is 273 g/mol. The number of aromatic amines is 1. The summed E-state index contributed by atoms with van der Waals surface area (Å²) in [6, 6.07) is 1.56. The first-order chi connectivity index (χ1) is 7.08. The van der Waals surface area contributed by atoms with Crippen molar-refractivity contribution < 1.29 is 9.90 Å². The lowest BCUT2D eigenvalue weighted by atomic mass is 10.3. The smallest absolute Gasteiger partial charge is 0.271 e. The molecule has 1 atom stereocenters. The van der Waals surface area contributed by atoms with Crippen molar-refractivity contribution in [3.8, 4) is 0 Å². The molecule has 2 N–H and O–H groups in total. The van der Waals surface area contributed by atoms with Crippen molar-refractivity contribution in [1.29, 1.82) is 0 Å². The zero-order chi connectivity index (χ0) is 11.0. The van der Waals surface area contributed by atoms with Gasteiger partial charge in [-0.3, -0.25) is 9.59 Å². The van der Waals surface area contributed by atoms with Crippen LogP contribution in [0.5, 0.6) is 0 Å². The highest BCUT2D eigenvalue weighted by molar-refractivity contribution is 9.10. The van der Waals surface area contributed by atoms with Gasteiger partial charge in [-0.25, -0.2) is 0 Å². The fraction of sp³-hybridized carbons (Fsp3) is 0.333. The Morgan fingerprint density at radius 1 is 1.53 bits per heavy atom. The number of carbonyl (C=O) groups is 1. The summed E-state index contributed by atoms with van der Waals surface area (Å²) in [6.45, 7) is 0.179. The van der Waals surface area contributed by atoms with Crippen molar-refractivity contribution in [3.05, 3.63) is 27.1 Å². The Labute approximate surface area is 93.8 Å². The maximum atomic E-state index is 11.5. The van der Waals surface area contributed by atoms with Gasteiger partial charge in [-0.05, 0) is 22.0 Å². The molecule has 0 aromatic carbocycles. The highest BCUT2D eigenvalue weighted by Gasteiger charge is 2.30. The summed E-state index contributed by atoms with van der Waals surface area (Å²) in [5, 5.41) is 9.31. The number of hydrogen-bond donors (Lipinski definition) is 2. The molecular formula is C9H9BrN2O3. The van der Waals surface area contributed by atoms with Gasteiger partial charge < -0.3 is 15.0 Å². The van der Waals surface area contributed by atoms with E-state index in [1.165, 1.54) is 11.1 Å².